The minimum Gasteiger partial charge on any atom is -0.0651 e. The van der Waals surface area contributed by atoms with Crippen LogP contribution in [0.3, 0.4) is 0 Å². The lowest BCUT2D eigenvalue weighted by atomic mass is 9.70. The zero-order chi connectivity index (χ0) is 13.6. The maximum absolute atomic E-state index is 2.47. The summed E-state index contributed by atoms with van der Waals surface area (Å²) >= 11 is 0. The Morgan fingerprint density at radius 1 is 0.941 bits per heavy atom. The van der Waals surface area contributed by atoms with E-state index in [2.05, 4.69) is 55.4 Å². The Hall–Kier alpha value is 0. The van der Waals surface area contributed by atoms with Crippen molar-refractivity contribution >= 4 is 0 Å². The van der Waals surface area contributed by atoms with Crippen molar-refractivity contribution in [2.24, 2.45) is 29.1 Å². The van der Waals surface area contributed by atoms with Gasteiger partial charge in [0.2, 0.25) is 0 Å². The number of hydrogen-bond acceptors (Lipinski definition) is 0. The Balaban J connectivity index is 4.35. The molecule has 0 N–H and O–H groups in total. The van der Waals surface area contributed by atoms with Crippen molar-refractivity contribution in [3.05, 3.63) is 0 Å². The van der Waals surface area contributed by atoms with Crippen LogP contribution in [0.15, 0.2) is 0 Å². The first-order chi connectivity index (χ1) is 7.78. The molecule has 0 saturated heterocycles. The molecule has 104 valence electrons. The third-order valence-corrected chi connectivity index (χ3v) is 5.43. The van der Waals surface area contributed by atoms with E-state index in [9.17, 15) is 0 Å². The summed E-state index contributed by atoms with van der Waals surface area (Å²) in [5, 5.41) is 0. The van der Waals surface area contributed by atoms with Gasteiger partial charge in [-0.1, -0.05) is 68.2 Å². The summed E-state index contributed by atoms with van der Waals surface area (Å²) in [5.41, 5.74) is 0.545. The van der Waals surface area contributed by atoms with Crippen LogP contribution >= 0.6 is 0 Å². The van der Waals surface area contributed by atoms with Gasteiger partial charge in [-0.25, -0.2) is 0 Å². The molecule has 0 fully saturated rings. The second-order valence-electron chi connectivity index (χ2n) is 6.99. The van der Waals surface area contributed by atoms with Gasteiger partial charge in [0.05, 0.1) is 0 Å². The molecule has 0 aliphatic heterocycles. The highest BCUT2D eigenvalue weighted by Gasteiger charge is 2.28. The molecule has 0 aliphatic rings. The van der Waals surface area contributed by atoms with E-state index in [4.69, 9.17) is 0 Å². The van der Waals surface area contributed by atoms with Crippen molar-refractivity contribution in [3.8, 4) is 0 Å². The normalized spacial score (nSPS) is 19.4. The molecule has 0 nitrogen and oxygen atoms in total. The van der Waals surface area contributed by atoms with E-state index >= 15 is 0 Å². The number of hydrogen-bond donors (Lipinski definition) is 0. The minimum atomic E-state index is 0.545. The third kappa shape index (κ3) is 5.02. The smallest absolute Gasteiger partial charge is 0.0305 e. The summed E-state index contributed by atoms with van der Waals surface area (Å²) in [6.07, 6.45) is 5.45. The largest absolute Gasteiger partial charge is 0.0651 e. The zero-order valence-electron chi connectivity index (χ0n) is 13.6. The van der Waals surface area contributed by atoms with Crippen molar-refractivity contribution in [3.63, 3.8) is 0 Å². The molecule has 0 heteroatoms. The lowest BCUT2D eigenvalue weighted by Gasteiger charge is -2.35. The summed E-state index contributed by atoms with van der Waals surface area (Å²) in [6.45, 7) is 19.2. The summed E-state index contributed by atoms with van der Waals surface area (Å²) in [6, 6.07) is 0. The standard InChI is InChI=1S/C17H36/c1-9-16(13(3)4)15(7)11-12-17(8,10-2)14(5)6/h13-16H,9-12H2,1-8H3. The maximum Gasteiger partial charge on any atom is -0.0305 e. The van der Waals surface area contributed by atoms with E-state index < -0.39 is 0 Å². The van der Waals surface area contributed by atoms with Crippen molar-refractivity contribution in [2.75, 3.05) is 0 Å². The Kier molecular flexibility index (Phi) is 7.44. The van der Waals surface area contributed by atoms with E-state index in [1.807, 2.05) is 0 Å². The molecular weight excluding hydrogens is 204 g/mol. The van der Waals surface area contributed by atoms with Gasteiger partial charge in [0.25, 0.3) is 0 Å². The lowest BCUT2D eigenvalue weighted by molar-refractivity contribution is 0.152. The van der Waals surface area contributed by atoms with Gasteiger partial charge in [0, 0.05) is 0 Å². The summed E-state index contributed by atoms with van der Waals surface area (Å²) in [4.78, 5) is 0. The van der Waals surface area contributed by atoms with Gasteiger partial charge < -0.3 is 0 Å². The first-order valence-corrected chi connectivity index (χ1v) is 7.78. The average Bonchev–Trinajstić information content (AvgIpc) is 2.26. The fraction of sp³-hybridized carbons (Fsp3) is 1.00. The van der Waals surface area contributed by atoms with Crippen LogP contribution in [0.5, 0.6) is 0 Å². The summed E-state index contributed by atoms with van der Waals surface area (Å²) in [7, 11) is 0. The van der Waals surface area contributed by atoms with Gasteiger partial charge in [0.1, 0.15) is 0 Å². The van der Waals surface area contributed by atoms with Gasteiger partial charge in [-0.3, -0.25) is 0 Å². The second kappa shape index (κ2) is 7.44. The molecular formula is C17H36. The average molecular weight is 240 g/mol. The number of rotatable bonds is 8. The monoisotopic (exact) mass is 240 g/mol. The van der Waals surface area contributed by atoms with E-state index in [0.29, 0.717) is 5.41 Å². The Labute approximate surface area is 111 Å². The highest BCUT2D eigenvalue weighted by Crippen LogP contribution is 2.39. The molecule has 0 saturated carbocycles. The quantitative estimate of drug-likeness (QED) is 0.477. The van der Waals surface area contributed by atoms with E-state index in [0.717, 1.165) is 23.7 Å². The molecule has 3 atom stereocenters. The minimum absolute atomic E-state index is 0.545. The molecule has 0 rings (SSSR count). The fourth-order valence-electron chi connectivity index (χ4n) is 3.18. The fourth-order valence-corrected chi connectivity index (χ4v) is 3.18. The van der Waals surface area contributed by atoms with Gasteiger partial charge in [0.15, 0.2) is 0 Å². The van der Waals surface area contributed by atoms with Gasteiger partial charge in [-0.2, -0.15) is 0 Å². The molecule has 0 bridgehead atoms. The first kappa shape index (κ1) is 17.0. The molecule has 0 aromatic heterocycles. The lowest BCUT2D eigenvalue weighted by Crippen LogP contribution is -2.25. The SMILES string of the molecule is CCC(C(C)C)C(C)CCC(C)(CC)C(C)C. The molecule has 0 aromatic carbocycles. The molecule has 3 unspecified atom stereocenters. The Morgan fingerprint density at radius 2 is 1.47 bits per heavy atom. The molecule has 0 aromatic rings. The molecule has 0 amide bonds. The van der Waals surface area contributed by atoms with Crippen molar-refractivity contribution < 1.29 is 0 Å². The molecule has 0 aliphatic carbocycles. The van der Waals surface area contributed by atoms with E-state index in [-0.39, 0.29) is 0 Å². The van der Waals surface area contributed by atoms with Crippen LogP contribution in [-0.2, 0) is 0 Å². The summed E-state index contributed by atoms with van der Waals surface area (Å²) < 4.78 is 0. The van der Waals surface area contributed by atoms with Crippen LogP contribution < -0.4 is 0 Å². The van der Waals surface area contributed by atoms with Crippen molar-refractivity contribution in [1.82, 2.24) is 0 Å². The van der Waals surface area contributed by atoms with Crippen LogP contribution in [0, 0.1) is 29.1 Å². The van der Waals surface area contributed by atoms with E-state index in [1.165, 1.54) is 25.7 Å². The van der Waals surface area contributed by atoms with Crippen LogP contribution in [0.25, 0.3) is 0 Å². The highest BCUT2D eigenvalue weighted by molar-refractivity contribution is 4.78. The third-order valence-electron chi connectivity index (χ3n) is 5.43. The molecule has 0 spiro atoms. The molecule has 0 radical (unpaired) electrons. The maximum atomic E-state index is 2.47. The van der Waals surface area contributed by atoms with Crippen LogP contribution in [0.1, 0.15) is 81.1 Å². The zero-order valence-corrected chi connectivity index (χ0v) is 13.6. The van der Waals surface area contributed by atoms with Crippen LogP contribution in [0.2, 0.25) is 0 Å². The topological polar surface area (TPSA) is 0 Å². The van der Waals surface area contributed by atoms with Gasteiger partial charge >= 0.3 is 0 Å². The highest BCUT2D eigenvalue weighted by atomic mass is 14.3. The molecule has 0 heterocycles. The second-order valence-corrected chi connectivity index (χ2v) is 6.99. The first-order valence-electron chi connectivity index (χ1n) is 7.78. The predicted molar refractivity (Wildman–Crippen MR) is 80.3 cm³/mol. The summed E-state index contributed by atoms with van der Waals surface area (Å²) in [5.74, 6) is 3.42. The van der Waals surface area contributed by atoms with Crippen molar-refractivity contribution in [2.45, 2.75) is 81.1 Å². The van der Waals surface area contributed by atoms with Crippen LogP contribution in [0.4, 0.5) is 0 Å². The van der Waals surface area contributed by atoms with Crippen molar-refractivity contribution in [1.29, 1.82) is 0 Å². The Morgan fingerprint density at radius 3 is 1.76 bits per heavy atom. The predicted octanol–water partition coefficient (Wildman–Crippen LogP) is 6.16. The van der Waals surface area contributed by atoms with Gasteiger partial charge in [-0.05, 0) is 41.9 Å². The van der Waals surface area contributed by atoms with Crippen LogP contribution in [-0.4, -0.2) is 0 Å². The van der Waals surface area contributed by atoms with E-state index in [1.54, 1.807) is 0 Å². The molecule has 17 heavy (non-hydrogen) atoms. The Bertz CT molecular complexity index is 192. The van der Waals surface area contributed by atoms with Gasteiger partial charge in [-0.15, -0.1) is 0 Å².